The first kappa shape index (κ1) is 41.4. The molecule has 1 fully saturated rings. The van der Waals surface area contributed by atoms with Crippen LogP contribution in [0.2, 0.25) is 0 Å². The highest BCUT2D eigenvalue weighted by Crippen LogP contribution is 2.42. The van der Waals surface area contributed by atoms with Crippen molar-refractivity contribution in [2.75, 3.05) is 55.7 Å². The summed E-state index contributed by atoms with van der Waals surface area (Å²) in [6, 6.07) is 15.5. The van der Waals surface area contributed by atoms with Crippen LogP contribution in [0.4, 0.5) is 0 Å². The lowest BCUT2D eigenvalue weighted by atomic mass is 9.95. The number of hydrogen-bond acceptors (Lipinski definition) is 12. The average Bonchev–Trinajstić information content (AvgIpc) is 3.21. The number of carboxylic acids is 2. The molecular formula is C40H46N4O11. The molecule has 3 N–H and O–H groups in total. The number of nitrogens with one attached hydrogen (secondary N) is 1. The van der Waals surface area contributed by atoms with E-state index in [0.717, 1.165) is 66.1 Å². The van der Waals surface area contributed by atoms with Crippen molar-refractivity contribution in [3.8, 4) is 57.0 Å². The minimum Gasteiger partial charge on any atom is -0.493 e. The van der Waals surface area contributed by atoms with Gasteiger partial charge in [-0.1, -0.05) is 0 Å². The van der Waals surface area contributed by atoms with Crippen molar-refractivity contribution in [3.05, 3.63) is 84.2 Å². The fourth-order valence-electron chi connectivity index (χ4n) is 6.02. The van der Waals surface area contributed by atoms with Crippen LogP contribution in [0, 0.1) is 5.92 Å². The molecule has 1 amide bonds. The number of ether oxygens (including phenoxy) is 6. The molecule has 4 aromatic rings. The fourth-order valence-corrected chi connectivity index (χ4v) is 6.02. The third-order valence-corrected chi connectivity index (χ3v) is 8.77. The van der Waals surface area contributed by atoms with Crippen LogP contribution < -0.4 is 33.7 Å². The minimum absolute atomic E-state index is 0.0325. The van der Waals surface area contributed by atoms with Crippen LogP contribution in [0.25, 0.3) is 22.5 Å². The third-order valence-electron chi connectivity index (χ3n) is 8.77. The zero-order chi connectivity index (χ0) is 39.9. The number of hydrogen-bond donors (Lipinski definition) is 3. The lowest BCUT2D eigenvalue weighted by molar-refractivity contribution is -0.134. The second-order valence-electron chi connectivity index (χ2n) is 12.2. The molecule has 3 heterocycles. The van der Waals surface area contributed by atoms with Gasteiger partial charge in [0.25, 0.3) is 0 Å². The number of likely N-dealkylation sites (tertiary alicyclic amines) is 1. The van der Waals surface area contributed by atoms with Crippen molar-refractivity contribution in [2.24, 2.45) is 5.92 Å². The van der Waals surface area contributed by atoms with Gasteiger partial charge in [-0.25, -0.2) is 9.59 Å². The molecule has 1 aliphatic rings. The zero-order valence-corrected chi connectivity index (χ0v) is 31.7. The van der Waals surface area contributed by atoms with Gasteiger partial charge in [-0.05, 0) is 85.6 Å². The lowest BCUT2D eigenvalue weighted by Gasteiger charge is -2.31. The number of carbonyl (C=O) groups excluding carboxylic acids is 1. The molecule has 0 unspecified atom stereocenters. The summed E-state index contributed by atoms with van der Waals surface area (Å²) in [5, 5.41) is 18.8. The summed E-state index contributed by atoms with van der Waals surface area (Å²) in [4.78, 5) is 43.8. The second-order valence-corrected chi connectivity index (χ2v) is 12.2. The van der Waals surface area contributed by atoms with E-state index in [4.69, 9.17) is 38.6 Å². The van der Waals surface area contributed by atoms with Gasteiger partial charge in [0.1, 0.15) is 0 Å². The molecule has 0 aliphatic carbocycles. The number of aliphatic carboxylic acids is 2. The van der Waals surface area contributed by atoms with E-state index in [-0.39, 0.29) is 11.8 Å². The molecule has 2 aromatic heterocycles. The standard InChI is InChI=1S/C36H42N4O7.C4H4O4/c1-42-30-17-26(18-31(43-2)34(30)46-5)28-15-23(7-11-37-28)21-39-36(41)25-9-13-40(14-10-25)22-24-8-12-38-29(16-24)27-19-32(44-3)35(47-6)33(20-27)45-4;5-3(6)1-2-4(7)8/h7-8,11-12,15-20,25H,9-10,13-14,21-22H2,1-6H3,(H,39,41);1-2H,(H,5,6)(H,7,8). The van der Waals surface area contributed by atoms with E-state index in [0.29, 0.717) is 53.2 Å². The van der Waals surface area contributed by atoms with Crippen LogP contribution in [0.15, 0.2) is 73.1 Å². The van der Waals surface area contributed by atoms with E-state index >= 15 is 0 Å². The molecule has 15 heteroatoms. The molecule has 1 saturated heterocycles. The summed E-state index contributed by atoms with van der Waals surface area (Å²) in [7, 11) is 9.52. The van der Waals surface area contributed by atoms with Gasteiger partial charge in [0, 0.05) is 54.7 Å². The van der Waals surface area contributed by atoms with Gasteiger partial charge >= 0.3 is 11.9 Å². The summed E-state index contributed by atoms with van der Waals surface area (Å²) < 4.78 is 32.9. The van der Waals surface area contributed by atoms with Gasteiger partial charge in [-0.3, -0.25) is 19.7 Å². The number of rotatable bonds is 15. The zero-order valence-electron chi connectivity index (χ0n) is 31.7. The number of carboxylic acid groups (broad SMARTS) is 2. The number of pyridine rings is 2. The smallest absolute Gasteiger partial charge is 0.328 e. The Kier molecular flexibility index (Phi) is 15.2. The Bertz CT molecular complexity index is 1910. The molecule has 0 radical (unpaired) electrons. The molecular weight excluding hydrogens is 712 g/mol. The Morgan fingerprint density at radius 2 is 1.09 bits per heavy atom. The largest absolute Gasteiger partial charge is 0.493 e. The first-order valence-corrected chi connectivity index (χ1v) is 17.2. The maximum Gasteiger partial charge on any atom is 0.328 e. The van der Waals surface area contributed by atoms with Crippen molar-refractivity contribution >= 4 is 17.8 Å². The van der Waals surface area contributed by atoms with Crippen LogP contribution in [0.1, 0.15) is 24.0 Å². The molecule has 1 aliphatic heterocycles. The van der Waals surface area contributed by atoms with E-state index in [1.165, 1.54) is 0 Å². The van der Waals surface area contributed by atoms with Crippen LogP contribution >= 0.6 is 0 Å². The third kappa shape index (κ3) is 11.3. The lowest BCUT2D eigenvalue weighted by Crippen LogP contribution is -2.40. The van der Waals surface area contributed by atoms with Gasteiger partial charge in [-0.15, -0.1) is 0 Å². The number of methoxy groups -OCH3 is 6. The molecule has 0 saturated carbocycles. The van der Waals surface area contributed by atoms with Gasteiger partial charge in [0.2, 0.25) is 17.4 Å². The number of benzene rings is 2. The number of carbonyl (C=O) groups is 3. The van der Waals surface area contributed by atoms with Gasteiger partial charge < -0.3 is 44.0 Å². The SMILES string of the molecule is COc1cc(-c2cc(CNC(=O)C3CCN(Cc4ccnc(-c5cc(OC)c(OC)c(OC)c5)c4)CC3)ccn2)cc(OC)c1OC.O=C(O)C=CC(=O)O. The van der Waals surface area contributed by atoms with Crippen molar-refractivity contribution in [3.63, 3.8) is 0 Å². The van der Waals surface area contributed by atoms with Crippen LogP contribution in [-0.2, 0) is 27.5 Å². The van der Waals surface area contributed by atoms with Gasteiger partial charge in [0.15, 0.2) is 23.0 Å². The Morgan fingerprint density at radius 1 is 0.673 bits per heavy atom. The second kappa shape index (κ2) is 20.2. The van der Waals surface area contributed by atoms with Crippen LogP contribution in [0.3, 0.4) is 0 Å². The first-order chi connectivity index (χ1) is 26.5. The van der Waals surface area contributed by atoms with Crippen molar-refractivity contribution in [1.29, 1.82) is 0 Å². The molecule has 292 valence electrons. The quantitative estimate of drug-likeness (QED) is 0.136. The predicted molar refractivity (Wildman–Crippen MR) is 203 cm³/mol. The summed E-state index contributed by atoms with van der Waals surface area (Å²) in [6.07, 6.45) is 6.27. The summed E-state index contributed by atoms with van der Waals surface area (Å²) in [6.45, 7) is 2.86. The Labute approximate surface area is 319 Å². The number of aromatic nitrogens is 2. The average molecular weight is 759 g/mol. The molecule has 0 spiro atoms. The highest BCUT2D eigenvalue weighted by Gasteiger charge is 2.25. The number of nitrogens with zero attached hydrogens (tertiary/aromatic N) is 3. The van der Waals surface area contributed by atoms with Crippen molar-refractivity contribution < 1.29 is 53.0 Å². The molecule has 5 rings (SSSR count). The minimum atomic E-state index is -1.26. The van der Waals surface area contributed by atoms with E-state index in [1.54, 1.807) is 48.9 Å². The van der Waals surface area contributed by atoms with Crippen molar-refractivity contribution in [1.82, 2.24) is 20.2 Å². The number of piperidine rings is 1. The van der Waals surface area contributed by atoms with Gasteiger partial charge in [0.05, 0.1) is 54.0 Å². The van der Waals surface area contributed by atoms with Gasteiger partial charge in [-0.2, -0.15) is 0 Å². The fraction of sp³-hybridized carbons (Fsp3) is 0.325. The van der Waals surface area contributed by atoms with E-state index in [2.05, 4.69) is 26.3 Å². The Hall–Kier alpha value is -6.35. The van der Waals surface area contributed by atoms with Crippen molar-refractivity contribution in [2.45, 2.75) is 25.9 Å². The molecule has 2 aromatic carbocycles. The Balaban J connectivity index is 0.000000757. The highest BCUT2D eigenvalue weighted by molar-refractivity contribution is 5.89. The summed E-state index contributed by atoms with van der Waals surface area (Å²) >= 11 is 0. The normalized spacial score (nSPS) is 12.9. The summed E-state index contributed by atoms with van der Waals surface area (Å²) in [5.41, 5.74) is 5.36. The molecule has 0 atom stereocenters. The highest BCUT2D eigenvalue weighted by atomic mass is 16.5. The Morgan fingerprint density at radius 3 is 1.49 bits per heavy atom. The maximum atomic E-state index is 13.2. The predicted octanol–water partition coefficient (Wildman–Crippen LogP) is 5.10. The molecule has 0 bridgehead atoms. The summed E-state index contributed by atoms with van der Waals surface area (Å²) in [5.74, 6) is 0.861. The topological polar surface area (TPSA) is 188 Å². The monoisotopic (exact) mass is 758 g/mol. The molecule has 15 nitrogen and oxygen atoms in total. The van der Waals surface area contributed by atoms with Crippen LogP contribution in [0.5, 0.6) is 34.5 Å². The van der Waals surface area contributed by atoms with Crippen LogP contribution in [-0.4, -0.2) is 98.7 Å². The van der Waals surface area contributed by atoms with E-state index in [1.807, 2.05) is 48.7 Å². The maximum absolute atomic E-state index is 13.2. The van der Waals surface area contributed by atoms with E-state index < -0.39 is 11.9 Å². The van der Waals surface area contributed by atoms with E-state index in [9.17, 15) is 14.4 Å². The number of amides is 1. The molecule has 55 heavy (non-hydrogen) atoms. The first-order valence-electron chi connectivity index (χ1n) is 17.2.